The molecule has 0 fully saturated rings. The first-order chi connectivity index (χ1) is 5.88. The highest BCUT2D eigenvalue weighted by Crippen LogP contribution is 2.13. The van der Waals surface area contributed by atoms with Crippen LogP contribution in [-0.2, 0) is 0 Å². The van der Waals surface area contributed by atoms with Crippen LogP contribution >= 0.6 is 11.8 Å². The van der Waals surface area contributed by atoms with E-state index < -0.39 is 0 Å². The number of nitrogens with zero attached hydrogens (tertiary/aromatic N) is 1. The van der Waals surface area contributed by atoms with Crippen LogP contribution in [0, 0.1) is 0 Å². The molecule has 0 radical (unpaired) electrons. The van der Waals surface area contributed by atoms with Gasteiger partial charge in [-0.05, 0) is 25.4 Å². The Morgan fingerprint density at radius 2 is 2.42 bits per heavy atom. The summed E-state index contributed by atoms with van der Waals surface area (Å²) >= 11 is 1.83. The summed E-state index contributed by atoms with van der Waals surface area (Å²) in [7, 11) is 1.97. The van der Waals surface area contributed by atoms with Gasteiger partial charge in [-0.2, -0.15) is 11.8 Å². The van der Waals surface area contributed by atoms with Crippen LogP contribution in [0.3, 0.4) is 0 Å². The monoisotopic (exact) mass is 182 g/mol. The first-order valence-electron chi connectivity index (χ1n) is 3.95. The van der Waals surface area contributed by atoms with Gasteiger partial charge in [-0.15, -0.1) is 0 Å². The Balaban J connectivity index is 2.66. The summed E-state index contributed by atoms with van der Waals surface area (Å²) in [5.74, 6) is 1.06. The van der Waals surface area contributed by atoms with Crippen molar-refractivity contribution in [1.29, 1.82) is 0 Å². The Kier molecular flexibility index (Phi) is 4.11. The quantitative estimate of drug-likeness (QED) is 0.767. The van der Waals surface area contributed by atoms with Crippen molar-refractivity contribution in [2.24, 2.45) is 0 Å². The van der Waals surface area contributed by atoms with Crippen LogP contribution in [0.15, 0.2) is 24.4 Å². The predicted octanol–water partition coefficient (Wildman–Crippen LogP) is 1.71. The highest BCUT2D eigenvalue weighted by Gasteiger charge is 2.07. The van der Waals surface area contributed by atoms with Crippen molar-refractivity contribution in [1.82, 2.24) is 10.3 Å². The predicted molar refractivity (Wildman–Crippen MR) is 54.4 cm³/mol. The summed E-state index contributed by atoms with van der Waals surface area (Å²) in [6.07, 6.45) is 3.94. The molecule has 0 saturated carbocycles. The molecule has 0 bridgehead atoms. The van der Waals surface area contributed by atoms with Gasteiger partial charge in [-0.3, -0.25) is 4.98 Å². The van der Waals surface area contributed by atoms with Gasteiger partial charge in [0.2, 0.25) is 0 Å². The summed E-state index contributed by atoms with van der Waals surface area (Å²) in [5.41, 5.74) is 1.12. The molecule has 1 N–H and O–H groups in total. The third-order valence-corrected chi connectivity index (χ3v) is 2.39. The minimum absolute atomic E-state index is 0.376. The van der Waals surface area contributed by atoms with Crippen LogP contribution in [0.5, 0.6) is 0 Å². The maximum atomic E-state index is 4.29. The van der Waals surface area contributed by atoms with E-state index in [1.165, 1.54) is 0 Å². The summed E-state index contributed by atoms with van der Waals surface area (Å²) in [6.45, 7) is 0. The Hall–Kier alpha value is -0.540. The standard InChI is InChI=1S/C9H14N2S/c1-10-9(7-12-2)8-5-3-4-6-11-8/h3-6,9-10H,7H2,1-2H3. The van der Waals surface area contributed by atoms with Gasteiger partial charge in [-0.25, -0.2) is 0 Å². The summed E-state index contributed by atoms with van der Waals surface area (Å²) in [5, 5.41) is 3.24. The first kappa shape index (κ1) is 9.55. The average molecular weight is 182 g/mol. The van der Waals surface area contributed by atoms with Gasteiger partial charge in [-0.1, -0.05) is 6.07 Å². The minimum atomic E-state index is 0.376. The lowest BCUT2D eigenvalue weighted by molar-refractivity contribution is 0.642. The van der Waals surface area contributed by atoms with Crippen LogP contribution in [0.4, 0.5) is 0 Å². The molecule has 1 aromatic rings. The van der Waals surface area contributed by atoms with Crippen molar-refractivity contribution in [2.75, 3.05) is 19.1 Å². The van der Waals surface area contributed by atoms with Crippen LogP contribution in [0.25, 0.3) is 0 Å². The smallest absolute Gasteiger partial charge is 0.0584 e. The molecule has 0 spiro atoms. The molecule has 0 saturated heterocycles. The molecule has 0 aromatic carbocycles. The summed E-state index contributed by atoms with van der Waals surface area (Å²) in [4.78, 5) is 4.29. The highest BCUT2D eigenvalue weighted by molar-refractivity contribution is 7.98. The summed E-state index contributed by atoms with van der Waals surface area (Å²) in [6, 6.07) is 6.39. The van der Waals surface area contributed by atoms with Gasteiger partial charge < -0.3 is 5.32 Å². The number of nitrogens with one attached hydrogen (secondary N) is 1. The minimum Gasteiger partial charge on any atom is -0.311 e. The van der Waals surface area contributed by atoms with E-state index in [-0.39, 0.29) is 0 Å². The lowest BCUT2D eigenvalue weighted by Gasteiger charge is -2.13. The van der Waals surface area contributed by atoms with E-state index in [0.717, 1.165) is 11.4 Å². The van der Waals surface area contributed by atoms with Crippen molar-refractivity contribution in [3.63, 3.8) is 0 Å². The van der Waals surface area contributed by atoms with Gasteiger partial charge in [0.15, 0.2) is 0 Å². The fourth-order valence-corrected chi connectivity index (χ4v) is 1.74. The van der Waals surface area contributed by atoms with Crippen LogP contribution in [0.2, 0.25) is 0 Å². The molecule has 1 unspecified atom stereocenters. The van der Waals surface area contributed by atoms with Gasteiger partial charge in [0.05, 0.1) is 11.7 Å². The molecule has 0 aliphatic heterocycles. The number of rotatable bonds is 4. The molecule has 0 amide bonds. The Morgan fingerprint density at radius 3 is 2.92 bits per heavy atom. The molecule has 0 aliphatic carbocycles. The van der Waals surface area contributed by atoms with E-state index in [9.17, 15) is 0 Å². The fourth-order valence-electron chi connectivity index (χ4n) is 1.07. The summed E-state index contributed by atoms with van der Waals surface area (Å²) < 4.78 is 0. The number of hydrogen-bond acceptors (Lipinski definition) is 3. The lowest BCUT2D eigenvalue weighted by atomic mass is 10.2. The largest absolute Gasteiger partial charge is 0.311 e. The zero-order valence-electron chi connectivity index (χ0n) is 7.45. The highest BCUT2D eigenvalue weighted by atomic mass is 32.2. The van der Waals surface area contributed by atoms with Crippen molar-refractivity contribution in [2.45, 2.75) is 6.04 Å². The molecule has 12 heavy (non-hydrogen) atoms. The number of pyridine rings is 1. The third-order valence-electron chi connectivity index (χ3n) is 1.73. The van der Waals surface area contributed by atoms with E-state index in [1.54, 1.807) is 0 Å². The second-order valence-corrected chi connectivity index (χ2v) is 3.46. The average Bonchev–Trinajstić information content (AvgIpc) is 2.15. The molecule has 66 valence electrons. The maximum Gasteiger partial charge on any atom is 0.0584 e. The third kappa shape index (κ3) is 2.50. The Labute approximate surface area is 77.8 Å². The van der Waals surface area contributed by atoms with E-state index in [0.29, 0.717) is 6.04 Å². The topological polar surface area (TPSA) is 24.9 Å². The van der Waals surface area contributed by atoms with Crippen molar-refractivity contribution >= 4 is 11.8 Å². The van der Waals surface area contributed by atoms with E-state index in [1.807, 2.05) is 37.1 Å². The van der Waals surface area contributed by atoms with Crippen molar-refractivity contribution in [3.8, 4) is 0 Å². The Morgan fingerprint density at radius 1 is 1.58 bits per heavy atom. The van der Waals surface area contributed by atoms with Crippen molar-refractivity contribution < 1.29 is 0 Å². The van der Waals surface area contributed by atoms with E-state index in [4.69, 9.17) is 0 Å². The van der Waals surface area contributed by atoms with Crippen LogP contribution in [0.1, 0.15) is 11.7 Å². The Bertz CT molecular complexity index is 213. The molecule has 1 aromatic heterocycles. The molecule has 0 aliphatic rings. The molecule has 1 heterocycles. The normalized spacial score (nSPS) is 12.8. The molecule has 3 heteroatoms. The fraction of sp³-hybridized carbons (Fsp3) is 0.444. The SMILES string of the molecule is CNC(CSC)c1ccccn1. The van der Waals surface area contributed by atoms with Crippen LogP contribution < -0.4 is 5.32 Å². The number of aromatic nitrogens is 1. The van der Waals surface area contributed by atoms with Gasteiger partial charge in [0.25, 0.3) is 0 Å². The number of thioether (sulfide) groups is 1. The maximum absolute atomic E-state index is 4.29. The molecule has 1 rings (SSSR count). The van der Waals surface area contributed by atoms with E-state index in [2.05, 4.69) is 22.6 Å². The van der Waals surface area contributed by atoms with E-state index >= 15 is 0 Å². The molecule has 1 atom stereocenters. The zero-order valence-corrected chi connectivity index (χ0v) is 8.27. The first-order valence-corrected chi connectivity index (χ1v) is 5.35. The number of hydrogen-bond donors (Lipinski definition) is 1. The van der Waals surface area contributed by atoms with Crippen molar-refractivity contribution in [3.05, 3.63) is 30.1 Å². The second kappa shape index (κ2) is 5.17. The van der Waals surface area contributed by atoms with Gasteiger partial charge in [0.1, 0.15) is 0 Å². The van der Waals surface area contributed by atoms with Gasteiger partial charge in [0, 0.05) is 11.9 Å². The molecular weight excluding hydrogens is 168 g/mol. The lowest BCUT2D eigenvalue weighted by Crippen LogP contribution is -2.19. The molecule has 2 nitrogen and oxygen atoms in total. The van der Waals surface area contributed by atoms with Gasteiger partial charge >= 0.3 is 0 Å². The molecular formula is C9H14N2S. The second-order valence-electron chi connectivity index (χ2n) is 2.55. The zero-order chi connectivity index (χ0) is 8.81. The van der Waals surface area contributed by atoms with Crippen LogP contribution in [-0.4, -0.2) is 24.0 Å².